The van der Waals surface area contributed by atoms with E-state index in [2.05, 4.69) is 10.6 Å². The Kier molecular flexibility index (Phi) is 5.64. The van der Waals surface area contributed by atoms with Crippen molar-refractivity contribution >= 4 is 24.2 Å². The van der Waals surface area contributed by atoms with Crippen LogP contribution in [0, 0.1) is 23.2 Å². The van der Waals surface area contributed by atoms with Gasteiger partial charge in [-0.25, -0.2) is 0 Å². The molecule has 25 heavy (non-hydrogen) atoms. The molecule has 4 saturated carbocycles. The highest BCUT2D eigenvalue weighted by Crippen LogP contribution is 2.61. The predicted molar refractivity (Wildman–Crippen MR) is 99.5 cm³/mol. The average molecular weight is 370 g/mol. The van der Waals surface area contributed by atoms with Crippen LogP contribution in [0.2, 0.25) is 0 Å². The summed E-state index contributed by atoms with van der Waals surface area (Å²) < 4.78 is 0. The summed E-state index contributed by atoms with van der Waals surface area (Å²) >= 11 is 0. The maximum Gasteiger partial charge on any atom is 0.242 e. The zero-order valence-corrected chi connectivity index (χ0v) is 16.1. The smallest absolute Gasteiger partial charge is 0.242 e. The number of likely N-dealkylation sites (N-methyl/N-ethyl adjacent to an activating group) is 1. The summed E-state index contributed by atoms with van der Waals surface area (Å²) in [5.74, 6) is 2.72. The molecule has 1 aliphatic heterocycles. The number of nitrogens with one attached hydrogen (secondary N) is 2. The Hall–Kier alpha value is -0.810. The van der Waals surface area contributed by atoms with Crippen molar-refractivity contribution in [3.63, 3.8) is 0 Å². The molecule has 0 spiro atoms. The van der Waals surface area contributed by atoms with Gasteiger partial charge in [-0.1, -0.05) is 0 Å². The van der Waals surface area contributed by atoms with Crippen molar-refractivity contribution in [3.05, 3.63) is 0 Å². The standard InChI is InChI=1S/C19H31N3O2.ClH/c1-22(16-2-3-20-11-16)18(24)12-21-17(23)10-19-7-13-4-14(8-19)6-15(5-13)9-19;/h13-16,20H,2-12H2,1H3,(H,21,23);1H. The van der Waals surface area contributed by atoms with Gasteiger partial charge in [-0.15, -0.1) is 12.4 Å². The number of hydrogen-bond acceptors (Lipinski definition) is 3. The molecule has 1 atom stereocenters. The van der Waals surface area contributed by atoms with Crippen LogP contribution in [0.5, 0.6) is 0 Å². The van der Waals surface area contributed by atoms with Gasteiger partial charge in [0.1, 0.15) is 0 Å². The summed E-state index contributed by atoms with van der Waals surface area (Å²) in [6, 6.07) is 0.276. The molecule has 1 heterocycles. The molecule has 1 unspecified atom stereocenters. The van der Waals surface area contributed by atoms with Crippen LogP contribution >= 0.6 is 12.4 Å². The number of halogens is 1. The van der Waals surface area contributed by atoms with Gasteiger partial charge >= 0.3 is 0 Å². The van der Waals surface area contributed by atoms with Gasteiger partial charge in [0.2, 0.25) is 11.8 Å². The van der Waals surface area contributed by atoms with Crippen LogP contribution in [0.15, 0.2) is 0 Å². The average Bonchev–Trinajstić information content (AvgIpc) is 3.04. The van der Waals surface area contributed by atoms with Crippen molar-refractivity contribution in [3.8, 4) is 0 Å². The number of hydrogen-bond donors (Lipinski definition) is 2. The molecule has 2 N–H and O–H groups in total. The number of nitrogens with zero attached hydrogens (tertiary/aromatic N) is 1. The lowest BCUT2D eigenvalue weighted by Gasteiger charge is -2.56. The largest absolute Gasteiger partial charge is 0.347 e. The lowest BCUT2D eigenvalue weighted by molar-refractivity contribution is -0.135. The molecule has 4 bridgehead atoms. The van der Waals surface area contributed by atoms with Crippen LogP contribution < -0.4 is 10.6 Å². The number of carbonyl (C=O) groups excluding carboxylic acids is 2. The molecule has 4 aliphatic carbocycles. The highest BCUT2D eigenvalue weighted by Gasteiger charge is 2.51. The van der Waals surface area contributed by atoms with Gasteiger partial charge in [-0.2, -0.15) is 0 Å². The van der Waals surface area contributed by atoms with Crippen molar-refractivity contribution < 1.29 is 9.59 Å². The number of amides is 2. The topological polar surface area (TPSA) is 61.4 Å². The first-order chi connectivity index (χ1) is 11.5. The Morgan fingerprint density at radius 1 is 1.12 bits per heavy atom. The van der Waals surface area contributed by atoms with Crippen LogP contribution in [0.4, 0.5) is 0 Å². The van der Waals surface area contributed by atoms with Crippen LogP contribution in [0.1, 0.15) is 51.4 Å². The van der Waals surface area contributed by atoms with Gasteiger partial charge in [0, 0.05) is 26.1 Å². The summed E-state index contributed by atoms with van der Waals surface area (Å²) in [6.07, 6.45) is 9.58. The van der Waals surface area contributed by atoms with E-state index < -0.39 is 0 Å². The molecule has 0 aromatic heterocycles. The van der Waals surface area contributed by atoms with Gasteiger partial charge in [-0.05, 0) is 74.7 Å². The SMILES string of the molecule is CN(C(=O)CNC(=O)CC12CC3CC(CC(C3)C1)C2)C1CCNC1.Cl. The molecule has 5 rings (SSSR count). The predicted octanol–water partition coefficient (Wildman–Crippen LogP) is 1.95. The third-order valence-electron chi connectivity index (χ3n) is 7.11. The maximum absolute atomic E-state index is 12.5. The molecule has 5 nitrogen and oxygen atoms in total. The second-order valence-corrected chi connectivity index (χ2v) is 9.02. The molecular formula is C19H32ClN3O2. The van der Waals surface area contributed by atoms with E-state index in [0.29, 0.717) is 6.42 Å². The van der Waals surface area contributed by atoms with E-state index in [1.165, 1.54) is 38.5 Å². The van der Waals surface area contributed by atoms with Crippen molar-refractivity contribution in [2.24, 2.45) is 23.2 Å². The summed E-state index contributed by atoms with van der Waals surface area (Å²) in [6.45, 7) is 1.99. The van der Waals surface area contributed by atoms with Crippen LogP contribution in [-0.2, 0) is 9.59 Å². The molecule has 6 heteroatoms. The molecule has 0 radical (unpaired) electrons. The summed E-state index contributed by atoms with van der Waals surface area (Å²) in [5.41, 5.74) is 0.253. The second-order valence-electron chi connectivity index (χ2n) is 9.02. The zero-order chi connectivity index (χ0) is 16.7. The Morgan fingerprint density at radius 3 is 2.24 bits per heavy atom. The van der Waals surface area contributed by atoms with Crippen molar-refractivity contribution in [1.82, 2.24) is 15.5 Å². The molecule has 2 amide bonds. The lowest BCUT2D eigenvalue weighted by atomic mass is 9.49. The van der Waals surface area contributed by atoms with E-state index in [0.717, 1.165) is 37.3 Å². The van der Waals surface area contributed by atoms with Crippen LogP contribution in [-0.4, -0.2) is 49.4 Å². The van der Waals surface area contributed by atoms with E-state index >= 15 is 0 Å². The third kappa shape index (κ3) is 3.97. The van der Waals surface area contributed by atoms with Gasteiger partial charge in [-0.3, -0.25) is 9.59 Å². The minimum absolute atomic E-state index is 0. The molecule has 0 aromatic carbocycles. The molecule has 1 saturated heterocycles. The van der Waals surface area contributed by atoms with Gasteiger partial charge in [0.15, 0.2) is 0 Å². The minimum atomic E-state index is 0. The normalized spacial score (nSPS) is 38.3. The Morgan fingerprint density at radius 2 is 1.72 bits per heavy atom. The summed E-state index contributed by atoms with van der Waals surface area (Å²) in [5, 5.41) is 6.19. The Labute approximate surface area is 157 Å². The van der Waals surface area contributed by atoms with E-state index in [-0.39, 0.29) is 42.2 Å². The fourth-order valence-electron chi connectivity index (χ4n) is 6.38. The van der Waals surface area contributed by atoms with E-state index in [9.17, 15) is 9.59 Å². The first-order valence-electron chi connectivity index (χ1n) is 9.76. The molecule has 142 valence electrons. The first-order valence-corrected chi connectivity index (χ1v) is 9.76. The Bertz CT molecular complexity index is 484. The van der Waals surface area contributed by atoms with E-state index in [1.807, 2.05) is 7.05 Å². The van der Waals surface area contributed by atoms with Gasteiger partial charge < -0.3 is 15.5 Å². The van der Waals surface area contributed by atoms with Crippen molar-refractivity contribution in [1.29, 1.82) is 0 Å². The zero-order valence-electron chi connectivity index (χ0n) is 15.3. The number of rotatable bonds is 5. The van der Waals surface area contributed by atoms with Crippen molar-refractivity contribution in [2.45, 2.75) is 57.4 Å². The summed E-state index contributed by atoms with van der Waals surface area (Å²) in [7, 11) is 1.85. The lowest BCUT2D eigenvalue weighted by Crippen LogP contribution is -2.49. The third-order valence-corrected chi connectivity index (χ3v) is 7.11. The van der Waals surface area contributed by atoms with Crippen LogP contribution in [0.3, 0.4) is 0 Å². The highest BCUT2D eigenvalue weighted by atomic mass is 35.5. The molecule has 5 aliphatic rings. The monoisotopic (exact) mass is 369 g/mol. The van der Waals surface area contributed by atoms with E-state index in [1.54, 1.807) is 4.90 Å². The molecule has 5 fully saturated rings. The second kappa shape index (κ2) is 7.43. The van der Waals surface area contributed by atoms with Crippen LogP contribution in [0.25, 0.3) is 0 Å². The first kappa shape index (κ1) is 19.0. The maximum atomic E-state index is 12.5. The van der Waals surface area contributed by atoms with Crippen molar-refractivity contribution in [2.75, 3.05) is 26.7 Å². The number of carbonyl (C=O) groups is 2. The fourth-order valence-corrected chi connectivity index (χ4v) is 6.38. The van der Waals surface area contributed by atoms with E-state index in [4.69, 9.17) is 0 Å². The highest BCUT2D eigenvalue weighted by molar-refractivity contribution is 5.85. The van der Waals surface area contributed by atoms with Gasteiger partial charge in [0.05, 0.1) is 6.54 Å². The quantitative estimate of drug-likeness (QED) is 0.778. The summed E-state index contributed by atoms with van der Waals surface area (Å²) in [4.78, 5) is 26.6. The fraction of sp³-hybridized carbons (Fsp3) is 0.895. The minimum Gasteiger partial charge on any atom is -0.347 e. The molecular weight excluding hydrogens is 338 g/mol. The van der Waals surface area contributed by atoms with Gasteiger partial charge in [0.25, 0.3) is 0 Å². The Balaban J connectivity index is 0.00000182. The molecule has 0 aromatic rings.